The second-order valence-electron chi connectivity index (χ2n) is 3.05. The molecule has 1 aromatic carbocycles. The zero-order chi connectivity index (χ0) is 10.5. The molecule has 5 heteroatoms. The molecule has 0 saturated heterocycles. The summed E-state index contributed by atoms with van der Waals surface area (Å²) in [6.45, 7) is -0.0677. The van der Waals surface area contributed by atoms with Crippen molar-refractivity contribution in [3.05, 3.63) is 52.5 Å². The van der Waals surface area contributed by atoms with Crippen molar-refractivity contribution in [2.24, 2.45) is 5.18 Å². The van der Waals surface area contributed by atoms with Crippen LogP contribution in [-0.2, 0) is 13.0 Å². The van der Waals surface area contributed by atoms with Crippen LogP contribution < -0.4 is 0 Å². The fourth-order valence-corrected chi connectivity index (χ4v) is 1.26. The van der Waals surface area contributed by atoms with E-state index in [2.05, 4.69) is 15.3 Å². The van der Waals surface area contributed by atoms with Gasteiger partial charge in [-0.15, -0.1) is 0 Å². The molecule has 0 aliphatic rings. The van der Waals surface area contributed by atoms with Gasteiger partial charge in [-0.25, -0.2) is 0 Å². The van der Waals surface area contributed by atoms with Crippen LogP contribution in [0.1, 0.15) is 17.3 Å². The summed E-state index contributed by atoms with van der Waals surface area (Å²) < 4.78 is 4.82. The Hall–Kier alpha value is -2.04. The molecule has 1 heterocycles. The number of benzene rings is 1. The molecule has 2 rings (SSSR count). The molecule has 0 amide bonds. The minimum Gasteiger partial charge on any atom is -0.337 e. The van der Waals surface area contributed by atoms with Crippen molar-refractivity contribution in [2.75, 3.05) is 0 Å². The average Bonchev–Trinajstić information content (AvgIpc) is 2.68. The van der Waals surface area contributed by atoms with Crippen LogP contribution >= 0.6 is 0 Å². The first kappa shape index (κ1) is 9.51. The molecule has 0 atom stereocenters. The number of nitroso groups, excluding NO2 is 1. The van der Waals surface area contributed by atoms with Crippen molar-refractivity contribution in [3.8, 4) is 0 Å². The van der Waals surface area contributed by atoms with Crippen LogP contribution in [-0.4, -0.2) is 10.1 Å². The molecular weight excluding hydrogens is 194 g/mol. The molecule has 0 fully saturated rings. The molecule has 0 radical (unpaired) electrons. The fraction of sp³-hybridized carbons (Fsp3) is 0.200. The topological polar surface area (TPSA) is 68.3 Å². The Labute approximate surface area is 86.1 Å². The van der Waals surface area contributed by atoms with Gasteiger partial charge in [0.2, 0.25) is 0 Å². The van der Waals surface area contributed by atoms with Crippen LogP contribution in [0.4, 0.5) is 0 Å². The number of hydrogen-bond donors (Lipinski definition) is 0. The van der Waals surface area contributed by atoms with Gasteiger partial charge in [-0.05, 0) is 5.56 Å². The lowest BCUT2D eigenvalue weighted by Crippen LogP contribution is -1.90. The number of hydrogen-bond acceptors (Lipinski definition) is 5. The molecule has 0 bridgehead atoms. The lowest BCUT2D eigenvalue weighted by molar-refractivity contribution is 0.375. The summed E-state index contributed by atoms with van der Waals surface area (Å²) in [5.74, 6) is 0.829. The Balaban J connectivity index is 2.08. The van der Waals surface area contributed by atoms with Gasteiger partial charge in [0.05, 0.1) is 0 Å². The van der Waals surface area contributed by atoms with Gasteiger partial charge in [0.25, 0.3) is 5.89 Å². The van der Waals surface area contributed by atoms with Gasteiger partial charge in [0.15, 0.2) is 12.4 Å². The van der Waals surface area contributed by atoms with Crippen molar-refractivity contribution in [1.82, 2.24) is 10.1 Å². The second kappa shape index (κ2) is 4.45. The largest absolute Gasteiger partial charge is 0.337 e. The van der Waals surface area contributed by atoms with E-state index in [1.54, 1.807) is 0 Å². The van der Waals surface area contributed by atoms with Gasteiger partial charge < -0.3 is 4.52 Å². The zero-order valence-electron chi connectivity index (χ0n) is 7.96. The summed E-state index contributed by atoms with van der Waals surface area (Å²) in [7, 11) is 0. The first-order chi connectivity index (χ1) is 7.38. The molecular formula is C10H9N3O2. The van der Waals surface area contributed by atoms with Gasteiger partial charge in [-0.2, -0.15) is 9.89 Å². The molecule has 0 spiro atoms. The van der Waals surface area contributed by atoms with E-state index in [0.717, 1.165) is 5.56 Å². The lowest BCUT2D eigenvalue weighted by Gasteiger charge is -1.93. The average molecular weight is 203 g/mol. The molecule has 0 aliphatic heterocycles. The zero-order valence-corrected chi connectivity index (χ0v) is 7.96. The van der Waals surface area contributed by atoms with Gasteiger partial charge in [-0.1, -0.05) is 40.7 Å². The van der Waals surface area contributed by atoms with Gasteiger partial charge in [0, 0.05) is 6.42 Å². The monoisotopic (exact) mass is 203 g/mol. The van der Waals surface area contributed by atoms with Crippen LogP contribution in [0, 0.1) is 4.91 Å². The Bertz CT molecular complexity index is 439. The van der Waals surface area contributed by atoms with Crippen LogP contribution in [0.15, 0.2) is 40.0 Å². The van der Waals surface area contributed by atoms with Gasteiger partial charge in [0.1, 0.15) is 0 Å². The predicted molar refractivity (Wildman–Crippen MR) is 53.0 cm³/mol. The lowest BCUT2D eigenvalue weighted by atomic mass is 10.1. The van der Waals surface area contributed by atoms with E-state index in [1.807, 2.05) is 30.3 Å². The van der Waals surface area contributed by atoms with Crippen molar-refractivity contribution < 1.29 is 4.52 Å². The van der Waals surface area contributed by atoms with E-state index >= 15 is 0 Å². The Morgan fingerprint density at radius 2 is 2.07 bits per heavy atom. The maximum atomic E-state index is 9.96. The molecule has 2 aromatic rings. The van der Waals surface area contributed by atoms with E-state index in [0.29, 0.717) is 12.2 Å². The minimum absolute atomic E-state index is 0.0677. The summed E-state index contributed by atoms with van der Waals surface area (Å²) in [5, 5.41) is 6.43. The molecule has 1 aromatic heterocycles. The predicted octanol–water partition coefficient (Wildman–Crippen LogP) is 1.93. The van der Waals surface area contributed by atoms with Crippen molar-refractivity contribution in [1.29, 1.82) is 0 Å². The Morgan fingerprint density at radius 1 is 1.27 bits per heavy atom. The summed E-state index contributed by atoms with van der Waals surface area (Å²) in [5.41, 5.74) is 1.10. The molecule has 0 saturated carbocycles. The van der Waals surface area contributed by atoms with Crippen LogP contribution in [0.25, 0.3) is 0 Å². The van der Waals surface area contributed by atoms with Crippen molar-refractivity contribution in [2.45, 2.75) is 13.0 Å². The Morgan fingerprint density at radius 3 is 2.80 bits per heavy atom. The van der Waals surface area contributed by atoms with Crippen LogP contribution in [0.2, 0.25) is 0 Å². The Kier molecular flexibility index (Phi) is 2.82. The van der Waals surface area contributed by atoms with E-state index in [9.17, 15) is 4.91 Å². The minimum atomic E-state index is -0.0677. The standard InChI is InChI=1S/C10H9N3O2/c14-11-7-10-12-9(13-15-10)6-8-4-2-1-3-5-8/h1-5H,6-7H2. The highest BCUT2D eigenvalue weighted by molar-refractivity contribution is 5.18. The number of rotatable bonds is 4. The SMILES string of the molecule is O=NCc1nc(Cc2ccccc2)no1. The molecule has 0 unspecified atom stereocenters. The smallest absolute Gasteiger partial charge is 0.251 e. The summed E-state index contributed by atoms with van der Waals surface area (Å²) in [6.07, 6.45) is 0.600. The highest BCUT2D eigenvalue weighted by Crippen LogP contribution is 2.06. The summed E-state index contributed by atoms with van der Waals surface area (Å²) in [6, 6.07) is 9.80. The van der Waals surface area contributed by atoms with E-state index in [4.69, 9.17) is 4.52 Å². The quantitative estimate of drug-likeness (QED) is 0.712. The van der Waals surface area contributed by atoms with Gasteiger partial charge in [-0.3, -0.25) is 0 Å². The van der Waals surface area contributed by atoms with Crippen LogP contribution in [0.5, 0.6) is 0 Å². The maximum absolute atomic E-state index is 9.96. The summed E-state index contributed by atoms with van der Waals surface area (Å²) in [4.78, 5) is 14.0. The number of aromatic nitrogens is 2. The van der Waals surface area contributed by atoms with E-state index in [1.165, 1.54) is 0 Å². The highest BCUT2D eigenvalue weighted by atomic mass is 16.5. The van der Waals surface area contributed by atoms with Gasteiger partial charge >= 0.3 is 0 Å². The molecule has 15 heavy (non-hydrogen) atoms. The maximum Gasteiger partial charge on any atom is 0.251 e. The third kappa shape index (κ3) is 2.46. The normalized spacial score (nSPS) is 10.1. The first-order valence-electron chi connectivity index (χ1n) is 4.53. The number of nitrogens with zero attached hydrogens (tertiary/aromatic N) is 3. The van der Waals surface area contributed by atoms with E-state index < -0.39 is 0 Å². The second-order valence-corrected chi connectivity index (χ2v) is 3.05. The highest BCUT2D eigenvalue weighted by Gasteiger charge is 2.06. The third-order valence-corrected chi connectivity index (χ3v) is 1.92. The fourth-order valence-electron chi connectivity index (χ4n) is 1.26. The molecule has 0 N–H and O–H groups in total. The summed E-state index contributed by atoms with van der Waals surface area (Å²) >= 11 is 0. The molecule has 0 aliphatic carbocycles. The third-order valence-electron chi connectivity index (χ3n) is 1.92. The van der Waals surface area contributed by atoms with E-state index in [-0.39, 0.29) is 12.4 Å². The molecule has 76 valence electrons. The van der Waals surface area contributed by atoms with Crippen LogP contribution in [0.3, 0.4) is 0 Å². The first-order valence-corrected chi connectivity index (χ1v) is 4.53. The van der Waals surface area contributed by atoms with Crippen molar-refractivity contribution in [3.63, 3.8) is 0 Å². The molecule has 5 nitrogen and oxygen atoms in total. The van der Waals surface area contributed by atoms with Crippen molar-refractivity contribution >= 4 is 0 Å².